The lowest BCUT2D eigenvalue weighted by Gasteiger charge is -2.30. The molecule has 3 heterocycles. The van der Waals surface area contributed by atoms with Gasteiger partial charge in [0.2, 0.25) is 23.8 Å². The number of amides is 1. The van der Waals surface area contributed by atoms with Gasteiger partial charge in [0, 0.05) is 49.2 Å². The van der Waals surface area contributed by atoms with Gasteiger partial charge >= 0.3 is 6.36 Å². The van der Waals surface area contributed by atoms with Crippen molar-refractivity contribution in [2.45, 2.75) is 51.3 Å². The topological polar surface area (TPSA) is 113 Å². The number of nitrogens with one attached hydrogen (secondary N) is 2. The summed E-state index contributed by atoms with van der Waals surface area (Å²) in [4.78, 5) is 43.6. The molecular formula is C29H32F3N7O3. The minimum Gasteiger partial charge on any atom is -0.406 e. The largest absolute Gasteiger partial charge is 0.573 e. The van der Waals surface area contributed by atoms with Crippen molar-refractivity contribution < 1.29 is 27.5 Å². The van der Waals surface area contributed by atoms with E-state index >= 15 is 0 Å². The average Bonchev–Trinajstić information content (AvgIpc) is 2.97. The number of rotatable bonds is 9. The van der Waals surface area contributed by atoms with Gasteiger partial charge in [0.15, 0.2) is 5.78 Å². The van der Waals surface area contributed by atoms with Gasteiger partial charge in [0.05, 0.1) is 6.42 Å². The van der Waals surface area contributed by atoms with Crippen molar-refractivity contribution in [3.63, 3.8) is 0 Å². The smallest absolute Gasteiger partial charge is 0.406 e. The molecule has 0 spiro atoms. The van der Waals surface area contributed by atoms with Gasteiger partial charge in [0.1, 0.15) is 5.75 Å². The Kier molecular flexibility index (Phi) is 9.03. The van der Waals surface area contributed by atoms with E-state index in [1.807, 2.05) is 0 Å². The van der Waals surface area contributed by atoms with Gasteiger partial charge in [-0.2, -0.15) is 15.0 Å². The fourth-order valence-electron chi connectivity index (χ4n) is 4.97. The number of halogens is 3. The molecule has 2 aliphatic rings. The Morgan fingerprint density at radius 1 is 0.786 bits per heavy atom. The SMILES string of the molecule is O=C(CC(=O)c1ccc(Nc2nc(N3CCCCC3)nc(N3CCCCC3)n2)cc1)Nc1cccc(OC(F)(F)F)c1. The lowest BCUT2D eigenvalue weighted by atomic mass is 10.1. The van der Waals surface area contributed by atoms with E-state index in [4.69, 9.17) is 4.98 Å². The number of nitrogens with zero attached hydrogens (tertiary/aromatic N) is 5. The first-order valence-corrected chi connectivity index (χ1v) is 14.0. The second-order valence-electron chi connectivity index (χ2n) is 10.3. The molecule has 222 valence electrons. The summed E-state index contributed by atoms with van der Waals surface area (Å²) in [6.07, 6.45) is 1.45. The number of benzene rings is 2. The molecule has 0 saturated carbocycles. The Labute approximate surface area is 241 Å². The van der Waals surface area contributed by atoms with Crippen LogP contribution in [0.4, 0.5) is 42.4 Å². The lowest BCUT2D eigenvalue weighted by Crippen LogP contribution is -2.34. The highest BCUT2D eigenvalue weighted by Crippen LogP contribution is 2.26. The lowest BCUT2D eigenvalue weighted by molar-refractivity contribution is -0.274. The predicted octanol–water partition coefficient (Wildman–Crippen LogP) is 5.71. The van der Waals surface area contributed by atoms with Crippen LogP contribution in [0.5, 0.6) is 5.75 Å². The third-order valence-electron chi connectivity index (χ3n) is 7.03. The third kappa shape index (κ3) is 8.08. The summed E-state index contributed by atoms with van der Waals surface area (Å²) in [5.74, 6) is 0.149. The molecule has 0 aliphatic carbocycles. The van der Waals surface area contributed by atoms with Crippen LogP contribution in [0.1, 0.15) is 55.3 Å². The highest BCUT2D eigenvalue weighted by Gasteiger charge is 2.31. The molecule has 0 unspecified atom stereocenters. The molecule has 5 rings (SSSR count). The van der Waals surface area contributed by atoms with Crippen LogP contribution in [0.3, 0.4) is 0 Å². The quantitative estimate of drug-likeness (QED) is 0.242. The normalized spacial score (nSPS) is 15.7. The maximum Gasteiger partial charge on any atom is 0.573 e. The molecule has 13 heteroatoms. The minimum atomic E-state index is -4.85. The van der Waals surface area contributed by atoms with Crippen LogP contribution in [0.25, 0.3) is 0 Å². The van der Waals surface area contributed by atoms with Crippen LogP contribution in [0.15, 0.2) is 48.5 Å². The van der Waals surface area contributed by atoms with Gasteiger partial charge in [-0.1, -0.05) is 6.07 Å². The summed E-state index contributed by atoms with van der Waals surface area (Å²) in [6.45, 7) is 3.61. The molecule has 0 bridgehead atoms. The summed E-state index contributed by atoms with van der Waals surface area (Å²) in [5.41, 5.74) is 1.06. The zero-order valence-electron chi connectivity index (χ0n) is 23.0. The van der Waals surface area contributed by atoms with E-state index in [9.17, 15) is 22.8 Å². The summed E-state index contributed by atoms with van der Waals surface area (Å²) >= 11 is 0. The Morgan fingerprint density at radius 2 is 1.38 bits per heavy atom. The van der Waals surface area contributed by atoms with Crippen LogP contribution >= 0.6 is 0 Å². The van der Waals surface area contributed by atoms with Gasteiger partial charge in [-0.3, -0.25) is 9.59 Å². The fourth-order valence-corrected chi connectivity index (χ4v) is 4.97. The second kappa shape index (κ2) is 13.0. The second-order valence-corrected chi connectivity index (χ2v) is 10.3. The molecule has 3 aromatic rings. The van der Waals surface area contributed by atoms with Crippen LogP contribution in [-0.2, 0) is 4.79 Å². The van der Waals surface area contributed by atoms with Gasteiger partial charge in [-0.25, -0.2) is 0 Å². The Balaban J connectivity index is 1.23. The summed E-state index contributed by atoms with van der Waals surface area (Å²) < 4.78 is 41.3. The average molecular weight is 584 g/mol. The van der Waals surface area contributed by atoms with Crippen molar-refractivity contribution in [3.8, 4) is 5.75 Å². The summed E-state index contributed by atoms with van der Waals surface area (Å²) in [7, 11) is 0. The third-order valence-corrected chi connectivity index (χ3v) is 7.03. The number of Topliss-reactive ketones (excluding diaryl/α,β-unsaturated/α-hetero) is 1. The molecule has 1 aromatic heterocycles. The van der Waals surface area contributed by atoms with E-state index in [-0.39, 0.29) is 5.69 Å². The number of carbonyl (C=O) groups excluding carboxylic acids is 2. The van der Waals surface area contributed by atoms with Crippen molar-refractivity contribution in [3.05, 3.63) is 54.1 Å². The predicted molar refractivity (Wildman–Crippen MR) is 152 cm³/mol. The van der Waals surface area contributed by atoms with E-state index in [0.717, 1.165) is 64.0 Å². The highest BCUT2D eigenvalue weighted by molar-refractivity contribution is 6.11. The molecule has 2 saturated heterocycles. The summed E-state index contributed by atoms with van der Waals surface area (Å²) in [5, 5.41) is 5.65. The van der Waals surface area contributed by atoms with Crippen molar-refractivity contribution in [1.29, 1.82) is 0 Å². The number of alkyl halides is 3. The van der Waals surface area contributed by atoms with Gasteiger partial charge in [-0.05, 0) is 74.9 Å². The molecule has 0 atom stereocenters. The number of hydrogen-bond donors (Lipinski definition) is 2. The van der Waals surface area contributed by atoms with Crippen LogP contribution in [0, 0.1) is 0 Å². The van der Waals surface area contributed by atoms with E-state index < -0.39 is 30.2 Å². The Bertz CT molecular complexity index is 1350. The van der Waals surface area contributed by atoms with Crippen molar-refractivity contribution in [2.24, 2.45) is 0 Å². The first-order chi connectivity index (χ1) is 20.2. The molecule has 2 N–H and O–H groups in total. The molecular weight excluding hydrogens is 551 g/mol. The maximum absolute atomic E-state index is 12.7. The first kappa shape index (κ1) is 29.1. The number of ketones is 1. The highest BCUT2D eigenvalue weighted by atomic mass is 19.4. The molecule has 0 radical (unpaired) electrons. The Morgan fingerprint density at radius 3 is 1.95 bits per heavy atom. The monoisotopic (exact) mass is 583 g/mol. The molecule has 2 aliphatic heterocycles. The number of hydrogen-bond acceptors (Lipinski definition) is 9. The number of aromatic nitrogens is 3. The van der Waals surface area contributed by atoms with E-state index in [0.29, 0.717) is 29.1 Å². The standard InChI is InChI=1S/C29H32F3N7O3/c30-29(31,32)42-23-9-7-8-22(18-23)33-25(41)19-24(40)20-10-12-21(13-11-20)34-26-35-27(38-14-3-1-4-15-38)37-28(36-26)39-16-5-2-6-17-39/h7-13,18H,1-6,14-17,19H2,(H,33,41)(H,34,35,36,37). The van der Waals surface area contributed by atoms with Gasteiger partial charge < -0.3 is 25.2 Å². The van der Waals surface area contributed by atoms with Crippen LogP contribution < -0.4 is 25.2 Å². The fraction of sp³-hybridized carbons (Fsp3) is 0.414. The van der Waals surface area contributed by atoms with Crippen LogP contribution in [-0.4, -0.2) is 59.2 Å². The van der Waals surface area contributed by atoms with Crippen molar-refractivity contribution in [2.75, 3.05) is 46.6 Å². The number of ether oxygens (including phenoxy) is 1. The van der Waals surface area contributed by atoms with Gasteiger partial charge in [-0.15, -0.1) is 13.2 Å². The molecule has 10 nitrogen and oxygen atoms in total. The minimum absolute atomic E-state index is 0.0827. The van der Waals surface area contributed by atoms with E-state index in [1.165, 1.54) is 25.0 Å². The zero-order chi connectivity index (χ0) is 29.5. The molecule has 2 fully saturated rings. The summed E-state index contributed by atoms with van der Waals surface area (Å²) in [6, 6.07) is 11.4. The maximum atomic E-state index is 12.7. The van der Waals surface area contributed by atoms with E-state index in [2.05, 4.69) is 35.1 Å². The van der Waals surface area contributed by atoms with Crippen molar-refractivity contribution in [1.82, 2.24) is 15.0 Å². The molecule has 42 heavy (non-hydrogen) atoms. The number of piperidine rings is 2. The van der Waals surface area contributed by atoms with Crippen LogP contribution in [0.2, 0.25) is 0 Å². The van der Waals surface area contributed by atoms with Gasteiger partial charge in [0.25, 0.3) is 0 Å². The zero-order valence-corrected chi connectivity index (χ0v) is 23.0. The molecule has 1 amide bonds. The van der Waals surface area contributed by atoms with E-state index in [1.54, 1.807) is 24.3 Å². The number of anilines is 5. The Hall–Kier alpha value is -4.42. The first-order valence-electron chi connectivity index (χ1n) is 14.0. The molecule has 2 aromatic carbocycles. The number of carbonyl (C=O) groups is 2. The van der Waals surface area contributed by atoms with Crippen molar-refractivity contribution >= 4 is 40.9 Å².